The molecule has 0 aliphatic carbocycles. The second kappa shape index (κ2) is 10.2. The minimum absolute atomic E-state index is 0.146. The van der Waals surface area contributed by atoms with E-state index in [4.69, 9.17) is 0 Å². The van der Waals surface area contributed by atoms with Crippen LogP contribution >= 0.6 is 23.1 Å². The molecule has 1 aromatic heterocycles. The van der Waals surface area contributed by atoms with E-state index in [1.165, 1.54) is 30.0 Å². The zero-order valence-electron chi connectivity index (χ0n) is 17.2. The molecule has 0 aliphatic rings. The molecule has 3 rings (SSSR count). The van der Waals surface area contributed by atoms with Crippen LogP contribution in [0.5, 0.6) is 0 Å². The van der Waals surface area contributed by atoms with E-state index >= 15 is 0 Å². The monoisotopic (exact) mass is 455 g/mol. The summed E-state index contributed by atoms with van der Waals surface area (Å²) in [5.74, 6) is -0.462. The maximum atomic E-state index is 12.4. The Balaban J connectivity index is 1.50. The Morgan fingerprint density at radius 2 is 1.52 bits per heavy atom. The van der Waals surface area contributed by atoms with Gasteiger partial charge in [0.25, 0.3) is 5.91 Å². The van der Waals surface area contributed by atoms with Gasteiger partial charge in [-0.2, -0.15) is 0 Å². The molecule has 0 radical (unpaired) electrons. The topological polar surface area (TPSA) is 113 Å². The summed E-state index contributed by atoms with van der Waals surface area (Å²) in [7, 11) is 0. The van der Waals surface area contributed by atoms with Crippen LogP contribution in [0.15, 0.2) is 46.8 Å². The minimum Gasteiger partial charge on any atom is -0.326 e. The lowest BCUT2D eigenvalue weighted by Gasteiger charge is -2.06. The number of thioether (sulfide) groups is 1. The van der Waals surface area contributed by atoms with Crippen LogP contribution in [0.4, 0.5) is 16.5 Å². The Hall–Kier alpha value is -3.24. The first-order chi connectivity index (χ1) is 14.8. The molecule has 8 nitrogen and oxygen atoms in total. The van der Waals surface area contributed by atoms with E-state index in [0.717, 1.165) is 11.1 Å². The molecule has 31 heavy (non-hydrogen) atoms. The van der Waals surface area contributed by atoms with Gasteiger partial charge in [0.15, 0.2) is 4.34 Å². The second-order valence-electron chi connectivity index (χ2n) is 6.80. The number of rotatable bonds is 7. The van der Waals surface area contributed by atoms with Crippen LogP contribution < -0.4 is 16.0 Å². The van der Waals surface area contributed by atoms with Gasteiger partial charge in [0.2, 0.25) is 16.9 Å². The van der Waals surface area contributed by atoms with Gasteiger partial charge < -0.3 is 10.6 Å². The molecule has 1 heterocycles. The van der Waals surface area contributed by atoms with Gasteiger partial charge >= 0.3 is 0 Å². The molecule has 0 saturated heterocycles. The van der Waals surface area contributed by atoms with Gasteiger partial charge in [0.05, 0.1) is 5.75 Å². The SMILES string of the molecule is CC(=O)Nc1ccc(NC(=O)CSc2nnc(NC(=O)c3cc(C)cc(C)c3)s2)cc1. The van der Waals surface area contributed by atoms with E-state index in [1.54, 1.807) is 24.3 Å². The molecule has 0 atom stereocenters. The van der Waals surface area contributed by atoms with E-state index < -0.39 is 0 Å². The maximum absolute atomic E-state index is 12.4. The van der Waals surface area contributed by atoms with E-state index in [0.29, 0.717) is 26.4 Å². The highest BCUT2D eigenvalue weighted by Crippen LogP contribution is 2.26. The normalized spacial score (nSPS) is 10.4. The molecule has 0 bridgehead atoms. The summed E-state index contributed by atoms with van der Waals surface area (Å²) in [4.78, 5) is 35.6. The van der Waals surface area contributed by atoms with Crippen LogP contribution in [-0.2, 0) is 9.59 Å². The Morgan fingerprint density at radius 3 is 2.13 bits per heavy atom. The summed E-state index contributed by atoms with van der Waals surface area (Å²) < 4.78 is 0.576. The van der Waals surface area contributed by atoms with Crippen molar-refractivity contribution in [3.8, 4) is 0 Å². The number of anilines is 3. The molecule has 3 N–H and O–H groups in total. The highest BCUT2D eigenvalue weighted by molar-refractivity contribution is 8.01. The fraction of sp³-hybridized carbons (Fsp3) is 0.190. The van der Waals surface area contributed by atoms with E-state index in [9.17, 15) is 14.4 Å². The van der Waals surface area contributed by atoms with Gasteiger partial charge in [-0.05, 0) is 50.2 Å². The van der Waals surface area contributed by atoms with Crippen LogP contribution in [0, 0.1) is 13.8 Å². The van der Waals surface area contributed by atoms with Crippen molar-refractivity contribution in [2.24, 2.45) is 0 Å². The zero-order chi connectivity index (χ0) is 22.4. The number of nitrogens with one attached hydrogen (secondary N) is 3. The van der Waals surface area contributed by atoms with E-state index in [-0.39, 0.29) is 23.5 Å². The van der Waals surface area contributed by atoms with E-state index in [1.807, 2.05) is 32.0 Å². The average molecular weight is 456 g/mol. The summed E-state index contributed by atoms with van der Waals surface area (Å²) in [6, 6.07) is 12.5. The molecular formula is C21H21N5O3S2. The predicted octanol–water partition coefficient (Wildman–Crippen LogP) is 4.10. The van der Waals surface area contributed by atoms with Gasteiger partial charge in [-0.15, -0.1) is 10.2 Å². The molecule has 0 saturated carbocycles. The Morgan fingerprint density at radius 1 is 0.903 bits per heavy atom. The van der Waals surface area contributed by atoms with E-state index in [2.05, 4.69) is 26.1 Å². The van der Waals surface area contributed by atoms with Crippen molar-refractivity contribution in [1.29, 1.82) is 0 Å². The van der Waals surface area contributed by atoms with Crippen molar-refractivity contribution < 1.29 is 14.4 Å². The van der Waals surface area contributed by atoms with Crippen molar-refractivity contribution in [3.63, 3.8) is 0 Å². The first-order valence-electron chi connectivity index (χ1n) is 9.32. The summed E-state index contributed by atoms with van der Waals surface area (Å²) in [5.41, 5.74) is 3.86. The zero-order valence-corrected chi connectivity index (χ0v) is 18.8. The summed E-state index contributed by atoms with van der Waals surface area (Å²) in [6.45, 7) is 5.30. The Bertz CT molecular complexity index is 1090. The number of amides is 3. The van der Waals surface area contributed by atoms with Crippen LogP contribution in [-0.4, -0.2) is 33.7 Å². The molecule has 0 spiro atoms. The fourth-order valence-corrected chi connectivity index (χ4v) is 4.31. The van der Waals surface area contributed by atoms with Gasteiger partial charge in [0.1, 0.15) is 0 Å². The molecule has 2 aromatic carbocycles. The number of benzene rings is 2. The molecular weight excluding hydrogens is 434 g/mol. The maximum Gasteiger partial charge on any atom is 0.257 e. The number of aromatic nitrogens is 2. The minimum atomic E-state index is -0.250. The lowest BCUT2D eigenvalue weighted by atomic mass is 10.1. The number of carbonyl (C=O) groups is 3. The third kappa shape index (κ3) is 6.90. The van der Waals surface area contributed by atoms with Gasteiger partial charge in [-0.25, -0.2) is 0 Å². The van der Waals surface area contributed by atoms with Gasteiger partial charge in [-0.1, -0.05) is 40.3 Å². The van der Waals surface area contributed by atoms with Gasteiger partial charge in [-0.3, -0.25) is 19.7 Å². The smallest absolute Gasteiger partial charge is 0.257 e. The highest BCUT2D eigenvalue weighted by atomic mass is 32.2. The third-order valence-corrected chi connectivity index (χ3v) is 5.90. The number of hydrogen-bond acceptors (Lipinski definition) is 7. The average Bonchev–Trinajstić information content (AvgIpc) is 3.14. The number of aryl methyl sites for hydroxylation is 2. The summed E-state index contributed by atoms with van der Waals surface area (Å²) in [6.07, 6.45) is 0. The highest BCUT2D eigenvalue weighted by Gasteiger charge is 2.13. The molecule has 160 valence electrons. The molecule has 0 aliphatic heterocycles. The van der Waals surface area contributed by atoms with Crippen LogP contribution in [0.3, 0.4) is 0 Å². The standard InChI is InChI=1S/C21H21N5O3S2/c1-12-8-13(2)10-15(9-12)19(29)24-20-25-26-21(31-20)30-11-18(28)23-17-6-4-16(5-7-17)22-14(3)27/h4-10H,11H2,1-3H3,(H,22,27)(H,23,28)(H,24,25,29). The Labute approximate surface area is 187 Å². The summed E-state index contributed by atoms with van der Waals surface area (Å²) >= 11 is 2.44. The van der Waals surface area contributed by atoms with Crippen LogP contribution in [0.2, 0.25) is 0 Å². The number of nitrogens with zero attached hydrogens (tertiary/aromatic N) is 2. The number of hydrogen-bond donors (Lipinski definition) is 3. The molecule has 10 heteroatoms. The Kier molecular flexibility index (Phi) is 7.37. The lowest BCUT2D eigenvalue weighted by Crippen LogP contribution is -2.14. The number of carbonyl (C=O) groups excluding carboxylic acids is 3. The molecule has 3 aromatic rings. The quantitative estimate of drug-likeness (QED) is 0.365. The first kappa shape index (κ1) is 22.4. The molecule has 3 amide bonds. The van der Waals surface area contributed by atoms with Crippen molar-refractivity contribution in [1.82, 2.24) is 10.2 Å². The van der Waals surface area contributed by atoms with Crippen LogP contribution in [0.25, 0.3) is 0 Å². The van der Waals surface area contributed by atoms with Crippen LogP contribution in [0.1, 0.15) is 28.4 Å². The molecule has 0 fully saturated rings. The first-order valence-corrected chi connectivity index (χ1v) is 11.1. The van der Waals surface area contributed by atoms with Gasteiger partial charge in [0, 0.05) is 23.9 Å². The second-order valence-corrected chi connectivity index (χ2v) is 9.00. The largest absolute Gasteiger partial charge is 0.326 e. The van der Waals surface area contributed by atoms with Crippen molar-refractivity contribution in [3.05, 3.63) is 59.2 Å². The van der Waals surface area contributed by atoms with Crippen molar-refractivity contribution in [2.75, 3.05) is 21.7 Å². The summed E-state index contributed by atoms with van der Waals surface area (Å²) in [5, 5.41) is 16.5. The predicted molar refractivity (Wildman–Crippen MR) is 124 cm³/mol. The third-order valence-electron chi connectivity index (χ3n) is 3.93. The fourth-order valence-electron chi connectivity index (χ4n) is 2.76. The molecule has 0 unspecified atom stereocenters. The van der Waals surface area contributed by atoms with Crippen molar-refractivity contribution >= 4 is 57.3 Å². The lowest BCUT2D eigenvalue weighted by molar-refractivity contribution is -0.114. The van der Waals surface area contributed by atoms with Crippen molar-refractivity contribution in [2.45, 2.75) is 25.1 Å².